The lowest BCUT2D eigenvalue weighted by molar-refractivity contribution is 0.366. The van der Waals surface area contributed by atoms with Crippen LogP contribution in [0.4, 0.5) is 10.1 Å². The van der Waals surface area contributed by atoms with Crippen LogP contribution < -0.4 is 10.1 Å². The second-order valence-corrected chi connectivity index (χ2v) is 4.41. The van der Waals surface area contributed by atoms with Crippen molar-refractivity contribution < 1.29 is 9.13 Å². The zero-order valence-electron chi connectivity index (χ0n) is 11.3. The van der Waals surface area contributed by atoms with Crippen LogP contribution in [-0.2, 0) is 6.54 Å². The van der Waals surface area contributed by atoms with Crippen LogP contribution in [-0.4, -0.2) is 6.61 Å². The maximum atomic E-state index is 13.0. The summed E-state index contributed by atoms with van der Waals surface area (Å²) < 4.78 is 18.5. The van der Waals surface area contributed by atoms with Crippen molar-refractivity contribution in [2.75, 3.05) is 11.9 Å². The average molecular weight is 269 g/mol. The molecule has 0 aliphatic rings. The van der Waals surface area contributed by atoms with Crippen molar-refractivity contribution in [3.63, 3.8) is 0 Å². The molecule has 2 rings (SSSR count). The first-order valence-electron chi connectivity index (χ1n) is 6.35. The summed E-state index contributed by atoms with van der Waals surface area (Å²) in [7, 11) is 0. The smallest absolute Gasteiger partial charge is 0.148 e. The van der Waals surface area contributed by atoms with Crippen LogP contribution in [0.25, 0.3) is 0 Å². The molecule has 0 aliphatic carbocycles. The fourth-order valence-corrected chi connectivity index (χ4v) is 1.93. The molecule has 0 aliphatic heterocycles. The van der Waals surface area contributed by atoms with Gasteiger partial charge in [-0.25, -0.2) is 4.39 Å². The zero-order chi connectivity index (χ0) is 14.4. The zero-order valence-corrected chi connectivity index (χ0v) is 11.3. The van der Waals surface area contributed by atoms with E-state index in [9.17, 15) is 4.39 Å². The highest BCUT2D eigenvalue weighted by atomic mass is 19.1. The molecule has 0 fully saturated rings. The summed E-state index contributed by atoms with van der Waals surface area (Å²) in [5, 5.41) is 3.27. The number of terminal acetylenes is 1. The van der Waals surface area contributed by atoms with E-state index < -0.39 is 0 Å². The van der Waals surface area contributed by atoms with Crippen LogP contribution in [0.15, 0.2) is 42.5 Å². The van der Waals surface area contributed by atoms with Gasteiger partial charge in [-0.1, -0.05) is 24.1 Å². The minimum Gasteiger partial charge on any atom is -0.481 e. The van der Waals surface area contributed by atoms with Gasteiger partial charge in [0, 0.05) is 17.8 Å². The maximum absolute atomic E-state index is 13.0. The first-order valence-corrected chi connectivity index (χ1v) is 6.35. The molecule has 0 amide bonds. The van der Waals surface area contributed by atoms with Gasteiger partial charge in [-0.15, -0.1) is 6.42 Å². The number of halogens is 1. The van der Waals surface area contributed by atoms with E-state index in [4.69, 9.17) is 11.2 Å². The monoisotopic (exact) mass is 269 g/mol. The SMILES string of the molecule is C#CCOc1ccccc1CNc1ccc(F)cc1C. The minimum absolute atomic E-state index is 0.231. The standard InChI is InChI=1S/C17H16FNO/c1-3-10-20-17-7-5-4-6-14(17)12-19-16-9-8-15(18)11-13(16)2/h1,4-9,11,19H,10,12H2,2H3. The Morgan fingerprint density at radius 1 is 1.25 bits per heavy atom. The van der Waals surface area contributed by atoms with E-state index in [0.29, 0.717) is 6.54 Å². The van der Waals surface area contributed by atoms with Gasteiger partial charge >= 0.3 is 0 Å². The number of hydrogen-bond acceptors (Lipinski definition) is 2. The van der Waals surface area contributed by atoms with Gasteiger partial charge in [0.15, 0.2) is 0 Å². The Morgan fingerprint density at radius 3 is 2.80 bits per heavy atom. The summed E-state index contributed by atoms with van der Waals surface area (Å²) in [5.74, 6) is 2.98. The second kappa shape index (κ2) is 6.63. The largest absolute Gasteiger partial charge is 0.481 e. The molecule has 0 spiro atoms. The molecule has 0 bridgehead atoms. The van der Waals surface area contributed by atoms with Gasteiger partial charge in [-0.3, -0.25) is 0 Å². The number of aryl methyl sites for hydroxylation is 1. The third-order valence-corrected chi connectivity index (χ3v) is 2.94. The van der Waals surface area contributed by atoms with Crippen LogP contribution in [0.3, 0.4) is 0 Å². The van der Waals surface area contributed by atoms with Crippen molar-refractivity contribution in [3.05, 3.63) is 59.4 Å². The minimum atomic E-state index is -0.231. The molecule has 0 saturated heterocycles. The molecule has 2 aromatic carbocycles. The number of benzene rings is 2. The lowest BCUT2D eigenvalue weighted by Crippen LogP contribution is -2.04. The molecule has 3 heteroatoms. The van der Waals surface area contributed by atoms with Crippen molar-refractivity contribution >= 4 is 5.69 Å². The molecule has 2 nitrogen and oxygen atoms in total. The number of nitrogens with one attached hydrogen (secondary N) is 1. The molecule has 0 unspecified atom stereocenters. The summed E-state index contributed by atoms with van der Waals surface area (Å²) in [6.45, 7) is 2.70. The summed E-state index contributed by atoms with van der Waals surface area (Å²) in [6, 6.07) is 12.4. The number of ether oxygens (including phenoxy) is 1. The van der Waals surface area contributed by atoms with Gasteiger partial charge < -0.3 is 10.1 Å². The highest BCUT2D eigenvalue weighted by molar-refractivity contribution is 5.51. The van der Waals surface area contributed by atoms with Crippen LogP contribution in [0.1, 0.15) is 11.1 Å². The molecule has 102 valence electrons. The Balaban J connectivity index is 2.09. The topological polar surface area (TPSA) is 21.3 Å². The van der Waals surface area contributed by atoms with E-state index in [1.54, 1.807) is 6.07 Å². The molecule has 1 N–H and O–H groups in total. The van der Waals surface area contributed by atoms with E-state index in [2.05, 4.69) is 11.2 Å². The summed E-state index contributed by atoms with van der Waals surface area (Å²) in [4.78, 5) is 0. The van der Waals surface area contributed by atoms with Crippen LogP contribution >= 0.6 is 0 Å². The van der Waals surface area contributed by atoms with Crippen LogP contribution in [0.2, 0.25) is 0 Å². The normalized spacial score (nSPS) is 9.85. The summed E-state index contributed by atoms with van der Waals surface area (Å²) in [5.41, 5.74) is 2.77. The Morgan fingerprint density at radius 2 is 2.05 bits per heavy atom. The van der Waals surface area contributed by atoms with E-state index in [-0.39, 0.29) is 12.4 Å². The Kier molecular flexibility index (Phi) is 4.62. The van der Waals surface area contributed by atoms with E-state index in [1.807, 2.05) is 31.2 Å². The fraction of sp³-hybridized carbons (Fsp3) is 0.176. The number of para-hydroxylation sites is 1. The fourth-order valence-electron chi connectivity index (χ4n) is 1.93. The van der Waals surface area contributed by atoms with Crippen molar-refractivity contribution in [1.29, 1.82) is 0 Å². The van der Waals surface area contributed by atoms with E-state index >= 15 is 0 Å². The molecule has 0 radical (unpaired) electrons. The van der Waals surface area contributed by atoms with Crippen molar-refractivity contribution in [2.45, 2.75) is 13.5 Å². The Bertz CT molecular complexity index is 631. The molecule has 0 aromatic heterocycles. The van der Waals surface area contributed by atoms with Gasteiger partial charge in [0.25, 0.3) is 0 Å². The lowest BCUT2D eigenvalue weighted by atomic mass is 10.1. The third-order valence-electron chi connectivity index (χ3n) is 2.94. The Labute approximate surface area is 118 Å². The van der Waals surface area contributed by atoms with Gasteiger partial charge in [-0.05, 0) is 36.8 Å². The van der Waals surface area contributed by atoms with Gasteiger partial charge in [0.1, 0.15) is 18.2 Å². The van der Waals surface area contributed by atoms with Gasteiger partial charge in [-0.2, -0.15) is 0 Å². The first kappa shape index (κ1) is 14.0. The predicted molar refractivity (Wildman–Crippen MR) is 79.2 cm³/mol. The molecular weight excluding hydrogens is 253 g/mol. The van der Waals surface area contributed by atoms with Gasteiger partial charge in [0.05, 0.1) is 0 Å². The average Bonchev–Trinajstić information content (AvgIpc) is 2.45. The van der Waals surface area contributed by atoms with Gasteiger partial charge in [0.2, 0.25) is 0 Å². The second-order valence-electron chi connectivity index (χ2n) is 4.41. The van der Waals surface area contributed by atoms with Crippen LogP contribution in [0.5, 0.6) is 5.75 Å². The van der Waals surface area contributed by atoms with E-state index in [0.717, 1.165) is 22.6 Å². The lowest BCUT2D eigenvalue weighted by Gasteiger charge is -2.13. The van der Waals surface area contributed by atoms with Crippen molar-refractivity contribution in [1.82, 2.24) is 0 Å². The quantitative estimate of drug-likeness (QED) is 0.834. The van der Waals surface area contributed by atoms with Crippen molar-refractivity contribution in [3.8, 4) is 18.1 Å². The molecular formula is C17H16FNO. The summed E-state index contributed by atoms with van der Waals surface area (Å²) in [6.07, 6.45) is 5.20. The van der Waals surface area contributed by atoms with Crippen LogP contribution in [0, 0.1) is 25.1 Å². The summed E-state index contributed by atoms with van der Waals surface area (Å²) >= 11 is 0. The Hall–Kier alpha value is -2.47. The number of anilines is 1. The van der Waals surface area contributed by atoms with E-state index in [1.165, 1.54) is 12.1 Å². The highest BCUT2D eigenvalue weighted by Crippen LogP contribution is 2.21. The predicted octanol–water partition coefficient (Wildman–Crippen LogP) is 3.76. The van der Waals surface area contributed by atoms with Crippen molar-refractivity contribution in [2.24, 2.45) is 0 Å². The maximum Gasteiger partial charge on any atom is 0.148 e. The highest BCUT2D eigenvalue weighted by Gasteiger charge is 2.04. The number of hydrogen-bond donors (Lipinski definition) is 1. The molecule has 0 atom stereocenters. The third kappa shape index (κ3) is 3.52. The first-order chi connectivity index (χ1) is 9.70. The molecule has 0 saturated carbocycles. The molecule has 2 aromatic rings. The molecule has 0 heterocycles. The molecule has 20 heavy (non-hydrogen) atoms. The number of rotatable bonds is 5.